The Balaban J connectivity index is 1.39. The van der Waals surface area contributed by atoms with Crippen LogP contribution in [0, 0.1) is 11.7 Å². The molecular weight excluding hydrogens is 395 g/mol. The number of halogens is 1. The summed E-state index contributed by atoms with van der Waals surface area (Å²) < 4.78 is 13.5. The van der Waals surface area contributed by atoms with Gasteiger partial charge in [-0.1, -0.05) is 25.0 Å². The number of aromatic nitrogens is 1. The van der Waals surface area contributed by atoms with Crippen molar-refractivity contribution in [3.8, 4) is 0 Å². The Morgan fingerprint density at radius 1 is 1.06 bits per heavy atom. The molecule has 1 aromatic carbocycles. The lowest BCUT2D eigenvalue weighted by Crippen LogP contribution is -2.57. The van der Waals surface area contributed by atoms with Gasteiger partial charge in [0, 0.05) is 37.9 Å². The van der Waals surface area contributed by atoms with Crippen LogP contribution in [0.4, 0.5) is 4.39 Å². The predicted molar refractivity (Wildman–Crippen MR) is 116 cm³/mol. The monoisotopic (exact) mass is 424 g/mol. The first-order valence-corrected chi connectivity index (χ1v) is 11.1. The molecule has 2 heterocycles. The molecule has 2 fully saturated rings. The smallest absolute Gasteiger partial charge is 0.254 e. The maximum absolute atomic E-state index is 13.5. The summed E-state index contributed by atoms with van der Waals surface area (Å²) in [5.41, 5.74) is 1.21. The lowest BCUT2D eigenvalue weighted by atomic mass is 9.95. The van der Waals surface area contributed by atoms with Gasteiger partial charge in [-0.3, -0.25) is 19.5 Å². The highest BCUT2D eigenvalue weighted by molar-refractivity contribution is 5.94. The summed E-state index contributed by atoms with van der Waals surface area (Å²) in [7, 11) is 0. The molecule has 2 aliphatic rings. The van der Waals surface area contributed by atoms with Crippen LogP contribution >= 0.6 is 0 Å². The van der Waals surface area contributed by atoms with Crippen molar-refractivity contribution in [1.29, 1.82) is 0 Å². The fraction of sp³-hybridized carbons (Fsp3) is 0.458. The highest BCUT2D eigenvalue weighted by Crippen LogP contribution is 2.31. The van der Waals surface area contributed by atoms with E-state index in [2.05, 4.69) is 15.2 Å². The van der Waals surface area contributed by atoms with Gasteiger partial charge in [-0.05, 0) is 49.1 Å². The van der Waals surface area contributed by atoms with E-state index in [1.807, 2.05) is 18.2 Å². The van der Waals surface area contributed by atoms with E-state index in [1.54, 1.807) is 23.2 Å². The zero-order valence-corrected chi connectivity index (χ0v) is 17.7. The molecule has 1 aromatic heterocycles. The summed E-state index contributed by atoms with van der Waals surface area (Å²) >= 11 is 0. The Kier molecular flexibility index (Phi) is 6.92. The molecule has 1 atom stereocenters. The number of nitrogens with one attached hydrogen (secondary N) is 1. The zero-order chi connectivity index (χ0) is 21.6. The van der Waals surface area contributed by atoms with Crippen LogP contribution in [0.15, 0.2) is 48.7 Å². The maximum Gasteiger partial charge on any atom is 0.254 e. The first kappa shape index (κ1) is 21.4. The van der Waals surface area contributed by atoms with Gasteiger partial charge >= 0.3 is 0 Å². The van der Waals surface area contributed by atoms with Crippen LogP contribution < -0.4 is 5.32 Å². The SMILES string of the molecule is O=C(NCc1ccccn1)[C@@H](C1CCCC1)N1CCN(C(=O)c2cccc(F)c2)CC1. The van der Waals surface area contributed by atoms with Crippen LogP contribution in [-0.4, -0.2) is 58.8 Å². The van der Waals surface area contributed by atoms with Gasteiger partial charge in [-0.2, -0.15) is 0 Å². The Hall–Kier alpha value is -2.80. The number of carbonyl (C=O) groups excluding carboxylic acids is 2. The van der Waals surface area contributed by atoms with Crippen LogP contribution in [0.3, 0.4) is 0 Å². The summed E-state index contributed by atoms with van der Waals surface area (Å²) in [4.78, 5) is 34.2. The molecule has 6 nitrogen and oxygen atoms in total. The topological polar surface area (TPSA) is 65.5 Å². The van der Waals surface area contributed by atoms with Crippen LogP contribution in [-0.2, 0) is 11.3 Å². The van der Waals surface area contributed by atoms with E-state index in [0.29, 0.717) is 44.2 Å². The van der Waals surface area contributed by atoms with Gasteiger partial charge in [0.2, 0.25) is 5.91 Å². The van der Waals surface area contributed by atoms with Gasteiger partial charge < -0.3 is 10.2 Å². The van der Waals surface area contributed by atoms with Crippen LogP contribution in [0.5, 0.6) is 0 Å². The molecule has 2 aromatic rings. The summed E-state index contributed by atoms with van der Waals surface area (Å²) in [6, 6.07) is 11.3. The number of hydrogen-bond donors (Lipinski definition) is 1. The van der Waals surface area contributed by atoms with E-state index in [0.717, 1.165) is 31.4 Å². The van der Waals surface area contributed by atoms with Crippen molar-refractivity contribution < 1.29 is 14.0 Å². The minimum absolute atomic E-state index is 0.0439. The molecule has 2 amide bonds. The molecule has 1 aliphatic carbocycles. The third-order valence-electron chi connectivity index (χ3n) is 6.35. The number of benzene rings is 1. The standard InChI is InChI=1S/C24H29FN4O2/c25-20-9-5-8-19(16-20)24(31)29-14-12-28(13-15-29)22(18-6-1-2-7-18)23(30)27-17-21-10-3-4-11-26-21/h3-5,8-11,16,18,22H,1-2,6-7,12-15,17H2,(H,27,30)/t22-/m1/s1. The number of pyridine rings is 1. The summed E-state index contributed by atoms with van der Waals surface area (Å²) in [5, 5.41) is 3.07. The van der Waals surface area contributed by atoms with Crippen LogP contribution in [0.2, 0.25) is 0 Å². The van der Waals surface area contributed by atoms with Gasteiger partial charge in [0.1, 0.15) is 5.82 Å². The van der Waals surface area contributed by atoms with Gasteiger partial charge in [0.05, 0.1) is 18.3 Å². The second-order valence-electron chi connectivity index (χ2n) is 8.37. The minimum atomic E-state index is -0.407. The quantitative estimate of drug-likeness (QED) is 0.775. The third kappa shape index (κ3) is 5.28. The molecule has 1 saturated heterocycles. The van der Waals surface area contributed by atoms with E-state index in [9.17, 15) is 14.0 Å². The number of hydrogen-bond acceptors (Lipinski definition) is 4. The van der Waals surface area contributed by atoms with Gasteiger partial charge in [0.25, 0.3) is 5.91 Å². The summed E-state index contributed by atoms with van der Waals surface area (Å²) in [6.45, 7) is 2.76. The Morgan fingerprint density at radius 2 is 1.84 bits per heavy atom. The van der Waals surface area contributed by atoms with Gasteiger partial charge in [-0.25, -0.2) is 4.39 Å². The Bertz CT molecular complexity index is 893. The van der Waals surface area contributed by atoms with Crippen molar-refractivity contribution in [3.63, 3.8) is 0 Å². The molecule has 164 valence electrons. The number of rotatable bonds is 6. The Labute approximate surface area is 182 Å². The third-order valence-corrected chi connectivity index (χ3v) is 6.35. The molecule has 31 heavy (non-hydrogen) atoms. The fourth-order valence-corrected chi connectivity index (χ4v) is 4.74. The number of nitrogens with zero attached hydrogens (tertiary/aromatic N) is 3. The molecule has 0 unspecified atom stereocenters. The Morgan fingerprint density at radius 3 is 2.52 bits per heavy atom. The van der Waals surface area contributed by atoms with Crippen LogP contribution in [0.25, 0.3) is 0 Å². The number of amides is 2. The molecule has 1 aliphatic heterocycles. The van der Waals surface area contributed by atoms with E-state index >= 15 is 0 Å². The second kappa shape index (κ2) is 10.0. The number of piperazine rings is 1. The normalized spacial score (nSPS) is 18.7. The van der Waals surface area contributed by atoms with Gasteiger partial charge in [0.15, 0.2) is 0 Å². The van der Waals surface area contributed by atoms with E-state index in [4.69, 9.17) is 0 Å². The van der Waals surface area contributed by atoms with E-state index in [1.165, 1.54) is 12.1 Å². The average Bonchev–Trinajstić information content (AvgIpc) is 3.33. The van der Waals surface area contributed by atoms with E-state index in [-0.39, 0.29) is 17.9 Å². The van der Waals surface area contributed by atoms with Crippen LogP contribution in [0.1, 0.15) is 41.7 Å². The molecule has 4 rings (SSSR count). The number of carbonyl (C=O) groups is 2. The maximum atomic E-state index is 13.5. The first-order valence-electron chi connectivity index (χ1n) is 11.1. The average molecular weight is 425 g/mol. The van der Waals surface area contributed by atoms with Crippen molar-refractivity contribution in [2.24, 2.45) is 5.92 Å². The predicted octanol–water partition coefficient (Wildman–Crippen LogP) is 2.85. The molecule has 1 saturated carbocycles. The molecule has 0 radical (unpaired) electrons. The molecule has 1 N–H and O–H groups in total. The lowest BCUT2D eigenvalue weighted by Gasteiger charge is -2.40. The highest BCUT2D eigenvalue weighted by atomic mass is 19.1. The minimum Gasteiger partial charge on any atom is -0.349 e. The summed E-state index contributed by atoms with van der Waals surface area (Å²) in [6.07, 6.45) is 6.17. The van der Waals surface area contributed by atoms with Crippen molar-refractivity contribution in [2.75, 3.05) is 26.2 Å². The lowest BCUT2D eigenvalue weighted by molar-refractivity contribution is -0.129. The molecule has 0 bridgehead atoms. The molecular formula is C24H29FN4O2. The van der Waals surface area contributed by atoms with Gasteiger partial charge in [-0.15, -0.1) is 0 Å². The first-order chi connectivity index (χ1) is 15.1. The largest absolute Gasteiger partial charge is 0.349 e. The van der Waals surface area contributed by atoms with Crippen molar-refractivity contribution in [3.05, 3.63) is 65.7 Å². The zero-order valence-electron chi connectivity index (χ0n) is 17.7. The van der Waals surface area contributed by atoms with Crippen molar-refractivity contribution in [2.45, 2.75) is 38.3 Å². The van der Waals surface area contributed by atoms with E-state index < -0.39 is 5.82 Å². The van der Waals surface area contributed by atoms with Crippen molar-refractivity contribution in [1.82, 2.24) is 20.1 Å². The van der Waals surface area contributed by atoms with Crippen molar-refractivity contribution >= 4 is 11.8 Å². The fourth-order valence-electron chi connectivity index (χ4n) is 4.74. The highest BCUT2D eigenvalue weighted by Gasteiger charge is 2.37. The molecule has 0 spiro atoms. The second-order valence-corrected chi connectivity index (χ2v) is 8.37. The molecule has 7 heteroatoms. The summed E-state index contributed by atoms with van der Waals surface area (Å²) in [5.74, 6) is -0.178.